The third-order valence-electron chi connectivity index (χ3n) is 5.66. The molecule has 5 rings (SSSR count). The van der Waals surface area contributed by atoms with E-state index in [1.54, 1.807) is 17.9 Å². The van der Waals surface area contributed by atoms with Crippen molar-refractivity contribution in [1.29, 1.82) is 0 Å². The SMILES string of the molecule is Cc1nn(C)cc1C(=O)CC12CC(NC(=O)COc3ccc(Cl)c(F)c3)(C1)C2. The Bertz CT molecular complexity index is 952. The molecule has 0 spiro atoms. The van der Waals surface area contributed by atoms with E-state index in [0.29, 0.717) is 12.0 Å². The minimum Gasteiger partial charge on any atom is -0.484 e. The monoisotopic (exact) mass is 405 g/mol. The fourth-order valence-electron chi connectivity index (χ4n) is 4.67. The first-order valence-corrected chi connectivity index (χ1v) is 9.49. The molecular weight excluding hydrogens is 385 g/mol. The lowest BCUT2D eigenvalue weighted by atomic mass is 9.38. The van der Waals surface area contributed by atoms with E-state index in [4.69, 9.17) is 16.3 Å². The van der Waals surface area contributed by atoms with Gasteiger partial charge in [0, 0.05) is 31.3 Å². The van der Waals surface area contributed by atoms with Crippen molar-refractivity contribution in [2.75, 3.05) is 6.61 Å². The van der Waals surface area contributed by atoms with Crippen LogP contribution in [0.15, 0.2) is 24.4 Å². The summed E-state index contributed by atoms with van der Waals surface area (Å²) in [5.41, 5.74) is 1.19. The highest BCUT2D eigenvalue weighted by Crippen LogP contribution is 2.69. The second-order valence-corrected chi connectivity index (χ2v) is 8.53. The molecule has 148 valence electrons. The van der Waals surface area contributed by atoms with E-state index in [2.05, 4.69) is 10.4 Å². The molecule has 6 nitrogen and oxygen atoms in total. The number of carbonyl (C=O) groups excluding carboxylic acids is 2. The Balaban J connectivity index is 1.25. The lowest BCUT2D eigenvalue weighted by Crippen LogP contribution is -2.75. The maximum Gasteiger partial charge on any atom is 0.258 e. The number of ether oxygens (including phenoxy) is 1. The fraction of sp³-hybridized carbons (Fsp3) is 0.450. The second kappa shape index (κ2) is 6.58. The molecule has 0 atom stereocenters. The van der Waals surface area contributed by atoms with Crippen LogP contribution in [-0.4, -0.2) is 33.6 Å². The van der Waals surface area contributed by atoms with Crippen molar-refractivity contribution in [3.05, 3.63) is 46.5 Å². The molecular formula is C20H21ClFN3O3. The van der Waals surface area contributed by atoms with Gasteiger partial charge in [-0.1, -0.05) is 11.6 Å². The summed E-state index contributed by atoms with van der Waals surface area (Å²) in [5.74, 6) is -0.477. The molecule has 8 heteroatoms. The standard InChI is InChI=1S/C20H21ClFN3O3/c1-12-14(7-25(2)24-12)17(26)6-19-9-20(10-19,11-19)23-18(27)8-28-13-3-4-15(21)16(22)5-13/h3-5,7H,6,8-11H2,1-2H3,(H,23,27). The van der Waals surface area contributed by atoms with Crippen molar-refractivity contribution in [2.24, 2.45) is 12.5 Å². The van der Waals surface area contributed by atoms with Gasteiger partial charge in [-0.2, -0.15) is 5.10 Å². The molecule has 0 unspecified atom stereocenters. The number of aryl methyl sites for hydroxylation is 2. The van der Waals surface area contributed by atoms with E-state index in [9.17, 15) is 14.0 Å². The predicted molar refractivity (Wildman–Crippen MR) is 101 cm³/mol. The lowest BCUT2D eigenvalue weighted by Gasteiger charge is -2.70. The summed E-state index contributed by atoms with van der Waals surface area (Å²) >= 11 is 5.62. The van der Waals surface area contributed by atoms with Gasteiger partial charge in [0.05, 0.1) is 16.3 Å². The number of hydrogen-bond donors (Lipinski definition) is 1. The average Bonchev–Trinajstić information content (AvgIpc) is 2.91. The summed E-state index contributed by atoms with van der Waals surface area (Å²) < 4.78 is 20.4. The first-order chi connectivity index (χ1) is 13.2. The van der Waals surface area contributed by atoms with Crippen LogP contribution in [0.5, 0.6) is 5.75 Å². The van der Waals surface area contributed by atoms with Gasteiger partial charge in [-0.25, -0.2) is 4.39 Å². The van der Waals surface area contributed by atoms with Crippen LogP contribution in [0.3, 0.4) is 0 Å². The van der Waals surface area contributed by atoms with E-state index >= 15 is 0 Å². The molecule has 28 heavy (non-hydrogen) atoms. The Labute approximate surface area is 167 Å². The molecule has 2 aromatic rings. The smallest absolute Gasteiger partial charge is 0.258 e. The van der Waals surface area contributed by atoms with Crippen molar-refractivity contribution in [2.45, 2.75) is 38.1 Å². The maximum atomic E-state index is 13.4. The Morgan fingerprint density at radius 2 is 2.07 bits per heavy atom. The zero-order chi connectivity index (χ0) is 20.1. The van der Waals surface area contributed by atoms with E-state index < -0.39 is 5.82 Å². The molecule has 3 aliphatic carbocycles. The number of hydrogen-bond acceptors (Lipinski definition) is 4. The Kier molecular flexibility index (Phi) is 4.45. The van der Waals surface area contributed by atoms with Crippen molar-refractivity contribution in [3.63, 3.8) is 0 Å². The van der Waals surface area contributed by atoms with Gasteiger partial charge >= 0.3 is 0 Å². The number of ketones is 1. The number of nitrogens with one attached hydrogen (secondary N) is 1. The molecule has 3 saturated carbocycles. The molecule has 1 amide bonds. The van der Waals surface area contributed by atoms with Crippen LogP contribution >= 0.6 is 11.6 Å². The van der Waals surface area contributed by atoms with Crippen LogP contribution in [0, 0.1) is 18.2 Å². The van der Waals surface area contributed by atoms with Crippen LogP contribution in [0.1, 0.15) is 41.7 Å². The highest BCUT2D eigenvalue weighted by molar-refractivity contribution is 6.30. The van der Waals surface area contributed by atoms with Gasteiger partial charge in [0.2, 0.25) is 0 Å². The van der Waals surface area contributed by atoms with Crippen molar-refractivity contribution in [1.82, 2.24) is 15.1 Å². The van der Waals surface area contributed by atoms with Crippen LogP contribution in [0.4, 0.5) is 4.39 Å². The number of amides is 1. The van der Waals surface area contributed by atoms with Gasteiger partial charge in [0.1, 0.15) is 11.6 Å². The van der Waals surface area contributed by atoms with Gasteiger partial charge in [-0.15, -0.1) is 0 Å². The third-order valence-corrected chi connectivity index (χ3v) is 5.96. The topological polar surface area (TPSA) is 73.2 Å². The summed E-state index contributed by atoms with van der Waals surface area (Å²) in [6.45, 7) is 1.65. The van der Waals surface area contributed by atoms with Gasteiger partial charge in [0.25, 0.3) is 5.91 Å². The fourth-order valence-corrected chi connectivity index (χ4v) is 4.79. The first-order valence-electron chi connectivity index (χ1n) is 9.12. The van der Waals surface area contributed by atoms with Gasteiger partial charge < -0.3 is 10.1 Å². The Morgan fingerprint density at radius 1 is 1.36 bits per heavy atom. The minimum absolute atomic E-state index is 0.00647. The zero-order valence-corrected chi connectivity index (χ0v) is 16.5. The zero-order valence-electron chi connectivity index (χ0n) is 15.7. The molecule has 2 bridgehead atoms. The van der Waals surface area contributed by atoms with E-state index in [1.807, 2.05) is 6.92 Å². The van der Waals surface area contributed by atoms with Crippen molar-refractivity contribution < 1.29 is 18.7 Å². The van der Waals surface area contributed by atoms with Crippen LogP contribution in [0.2, 0.25) is 5.02 Å². The quantitative estimate of drug-likeness (QED) is 0.718. The van der Waals surface area contributed by atoms with Crippen molar-refractivity contribution in [3.8, 4) is 5.75 Å². The number of rotatable bonds is 7. The summed E-state index contributed by atoms with van der Waals surface area (Å²) in [7, 11) is 1.80. The molecule has 1 aromatic carbocycles. The third kappa shape index (κ3) is 3.39. The number of Topliss-reactive ketones (excluding diaryl/α,β-unsaturated/α-hetero) is 1. The summed E-state index contributed by atoms with van der Waals surface area (Å²) in [4.78, 5) is 24.7. The minimum atomic E-state index is -0.588. The largest absolute Gasteiger partial charge is 0.484 e. The van der Waals surface area contributed by atoms with Crippen LogP contribution in [0.25, 0.3) is 0 Å². The highest BCUT2D eigenvalue weighted by Gasteiger charge is 2.68. The molecule has 0 radical (unpaired) electrons. The first kappa shape index (κ1) is 18.9. The summed E-state index contributed by atoms with van der Waals surface area (Å²) in [6, 6.07) is 4.05. The van der Waals surface area contributed by atoms with Crippen LogP contribution < -0.4 is 10.1 Å². The highest BCUT2D eigenvalue weighted by atomic mass is 35.5. The molecule has 3 fully saturated rings. The second-order valence-electron chi connectivity index (χ2n) is 8.13. The predicted octanol–water partition coefficient (Wildman–Crippen LogP) is 3.21. The van der Waals surface area contributed by atoms with Crippen molar-refractivity contribution >= 4 is 23.3 Å². The summed E-state index contributed by atoms with van der Waals surface area (Å²) in [6.07, 6.45) is 4.64. The average molecular weight is 406 g/mol. The molecule has 1 N–H and O–H groups in total. The molecule has 0 aliphatic heterocycles. The Morgan fingerprint density at radius 3 is 2.68 bits per heavy atom. The molecule has 1 heterocycles. The lowest BCUT2D eigenvalue weighted by molar-refractivity contribution is -0.164. The Hall–Kier alpha value is -2.41. The summed E-state index contributed by atoms with van der Waals surface area (Å²) in [5, 5.41) is 7.22. The number of carbonyl (C=O) groups is 2. The molecule has 1 aromatic heterocycles. The molecule has 3 aliphatic rings. The van der Waals surface area contributed by atoms with E-state index in [0.717, 1.165) is 31.0 Å². The number of aromatic nitrogens is 2. The van der Waals surface area contributed by atoms with Gasteiger partial charge in [-0.05, 0) is 43.7 Å². The van der Waals surface area contributed by atoms with Gasteiger partial charge in [-0.3, -0.25) is 14.3 Å². The number of nitrogens with zero attached hydrogens (tertiary/aromatic N) is 2. The number of benzene rings is 1. The van der Waals surface area contributed by atoms with E-state index in [1.165, 1.54) is 12.1 Å². The van der Waals surface area contributed by atoms with Crippen LogP contribution in [-0.2, 0) is 11.8 Å². The van der Waals surface area contributed by atoms with E-state index in [-0.39, 0.29) is 40.0 Å². The van der Waals surface area contributed by atoms with Gasteiger partial charge in [0.15, 0.2) is 12.4 Å². The molecule has 0 saturated heterocycles. The maximum absolute atomic E-state index is 13.4. The normalized spacial score (nSPS) is 24.9. The number of halogens is 2.